The molecular formula is C48H85NO7. The van der Waals surface area contributed by atoms with Crippen LogP contribution in [0.5, 0.6) is 0 Å². The number of aliphatic carboxylic acids is 1. The summed E-state index contributed by atoms with van der Waals surface area (Å²) < 4.78 is 17.1. The molecule has 0 aromatic carbocycles. The molecular weight excluding hydrogens is 703 g/mol. The molecule has 0 spiro atoms. The van der Waals surface area contributed by atoms with Crippen LogP contribution in [0.2, 0.25) is 0 Å². The lowest BCUT2D eigenvalue weighted by Gasteiger charge is -2.34. The summed E-state index contributed by atoms with van der Waals surface area (Å²) in [6.45, 7) is 4.56. The van der Waals surface area contributed by atoms with Gasteiger partial charge in [0.15, 0.2) is 6.10 Å². The van der Waals surface area contributed by atoms with Gasteiger partial charge >= 0.3 is 11.9 Å². The molecule has 8 nitrogen and oxygen atoms in total. The summed E-state index contributed by atoms with van der Waals surface area (Å²) in [5.74, 6) is -1.82. The van der Waals surface area contributed by atoms with Crippen LogP contribution >= 0.6 is 0 Å². The molecule has 0 aliphatic heterocycles. The first kappa shape index (κ1) is 53.3. The van der Waals surface area contributed by atoms with Gasteiger partial charge in [0.25, 0.3) is 0 Å². The third-order valence-electron chi connectivity index (χ3n) is 9.98. The predicted octanol–water partition coefficient (Wildman–Crippen LogP) is 11.1. The second-order valence-electron chi connectivity index (χ2n) is 16.3. The van der Waals surface area contributed by atoms with Crippen LogP contribution in [-0.2, 0) is 28.6 Å². The number of nitrogens with zero attached hydrogens (tertiary/aromatic N) is 1. The molecule has 324 valence electrons. The van der Waals surface area contributed by atoms with Gasteiger partial charge in [0.05, 0.1) is 40.3 Å². The maximum atomic E-state index is 12.7. The van der Waals surface area contributed by atoms with E-state index in [1.165, 1.54) is 116 Å². The Morgan fingerprint density at radius 1 is 0.554 bits per heavy atom. The normalized spacial score (nSPS) is 13.4. The number of esters is 2. The molecule has 0 aromatic heterocycles. The molecule has 8 heteroatoms. The number of allylic oxidation sites excluding steroid dienone is 8. The SMILES string of the molecule is CCCCC/C=C/C=C/CCCCCCCCCCCCC(=O)OCC(COCCC(C(=O)[O-])[N+](C)(C)C)OC(=O)CC/C=C/C/C=C/CCCCCCCC. The first-order valence-electron chi connectivity index (χ1n) is 22.7. The molecule has 0 saturated heterocycles. The van der Waals surface area contributed by atoms with E-state index >= 15 is 0 Å². The molecule has 0 aromatic rings. The number of hydrogen-bond acceptors (Lipinski definition) is 7. The molecule has 0 bridgehead atoms. The predicted molar refractivity (Wildman–Crippen MR) is 231 cm³/mol. The molecule has 0 rings (SSSR count). The van der Waals surface area contributed by atoms with Gasteiger partial charge in [-0.1, -0.05) is 159 Å². The zero-order chi connectivity index (χ0) is 41.4. The molecule has 0 amide bonds. The average Bonchev–Trinajstić information content (AvgIpc) is 3.15. The molecule has 0 aliphatic carbocycles. The highest BCUT2D eigenvalue weighted by Gasteiger charge is 2.25. The third-order valence-corrected chi connectivity index (χ3v) is 9.98. The van der Waals surface area contributed by atoms with Gasteiger partial charge in [0.1, 0.15) is 12.6 Å². The highest BCUT2D eigenvalue weighted by molar-refractivity contribution is 5.70. The van der Waals surface area contributed by atoms with E-state index in [4.69, 9.17) is 14.2 Å². The number of carboxylic acids is 1. The Labute approximate surface area is 344 Å². The summed E-state index contributed by atoms with van der Waals surface area (Å²) >= 11 is 0. The van der Waals surface area contributed by atoms with Crippen LogP contribution in [-0.4, -0.2) is 75.5 Å². The molecule has 56 heavy (non-hydrogen) atoms. The largest absolute Gasteiger partial charge is 0.544 e. The van der Waals surface area contributed by atoms with Crippen molar-refractivity contribution in [3.8, 4) is 0 Å². The number of carbonyl (C=O) groups excluding carboxylic acids is 3. The summed E-state index contributed by atoms with van der Waals surface area (Å²) in [6.07, 6.45) is 45.8. The summed E-state index contributed by atoms with van der Waals surface area (Å²) in [5.41, 5.74) is 0. The molecule has 0 radical (unpaired) electrons. The zero-order valence-electron chi connectivity index (χ0n) is 36.8. The molecule has 0 saturated carbocycles. The lowest BCUT2D eigenvalue weighted by Crippen LogP contribution is -2.55. The van der Waals surface area contributed by atoms with Crippen LogP contribution in [0.4, 0.5) is 0 Å². The minimum absolute atomic E-state index is 0.0169. The van der Waals surface area contributed by atoms with E-state index in [0.717, 1.165) is 32.1 Å². The van der Waals surface area contributed by atoms with Crippen LogP contribution in [0.15, 0.2) is 48.6 Å². The van der Waals surface area contributed by atoms with Crippen molar-refractivity contribution in [3.63, 3.8) is 0 Å². The lowest BCUT2D eigenvalue weighted by molar-refractivity contribution is -0.889. The lowest BCUT2D eigenvalue weighted by atomic mass is 10.1. The van der Waals surface area contributed by atoms with Crippen molar-refractivity contribution in [1.82, 2.24) is 0 Å². The fourth-order valence-electron chi connectivity index (χ4n) is 6.41. The Morgan fingerprint density at radius 3 is 1.59 bits per heavy atom. The van der Waals surface area contributed by atoms with Gasteiger partial charge in [0, 0.05) is 19.3 Å². The van der Waals surface area contributed by atoms with Crippen LogP contribution in [0.3, 0.4) is 0 Å². The number of unbranched alkanes of at least 4 members (excludes halogenated alkanes) is 19. The first-order valence-corrected chi connectivity index (χ1v) is 22.7. The average molecular weight is 788 g/mol. The van der Waals surface area contributed by atoms with Crippen molar-refractivity contribution in [3.05, 3.63) is 48.6 Å². The first-order chi connectivity index (χ1) is 27.1. The van der Waals surface area contributed by atoms with Gasteiger partial charge in [0.2, 0.25) is 0 Å². The summed E-state index contributed by atoms with van der Waals surface area (Å²) in [6, 6.07) is -0.735. The van der Waals surface area contributed by atoms with Crippen molar-refractivity contribution in [2.24, 2.45) is 0 Å². The Morgan fingerprint density at radius 2 is 1.04 bits per heavy atom. The quantitative estimate of drug-likeness (QED) is 0.0200. The fraction of sp³-hybridized carbons (Fsp3) is 0.771. The molecule has 2 unspecified atom stereocenters. The summed E-state index contributed by atoms with van der Waals surface area (Å²) in [5, 5.41) is 11.6. The van der Waals surface area contributed by atoms with E-state index in [1.807, 2.05) is 6.08 Å². The van der Waals surface area contributed by atoms with E-state index < -0.39 is 18.1 Å². The van der Waals surface area contributed by atoms with Crippen molar-refractivity contribution in [1.29, 1.82) is 0 Å². The molecule has 2 atom stereocenters. The van der Waals surface area contributed by atoms with Crippen molar-refractivity contribution < 1.29 is 38.2 Å². The third kappa shape index (κ3) is 36.9. The minimum Gasteiger partial charge on any atom is -0.544 e. The minimum atomic E-state index is -1.13. The second kappa shape index (κ2) is 39.1. The van der Waals surface area contributed by atoms with E-state index in [9.17, 15) is 19.5 Å². The summed E-state index contributed by atoms with van der Waals surface area (Å²) in [4.78, 5) is 36.8. The topological polar surface area (TPSA) is 102 Å². The van der Waals surface area contributed by atoms with Gasteiger partial charge in [-0.25, -0.2) is 0 Å². The van der Waals surface area contributed by atoms with Crippen LogP contribution in [0.25, 0.3) is 0 Å². The van der Waals surface area contributed by atoms with E-state index in [-0.39, 0.29) is 49.1 Å². The Bertz CT molecular complexity index is 1060. The molecule has 0 aliphatic rings. The van der Waals surface area contributed by atoms with Crippen LogP contribution < -0.4 is 5.11 Å². The number of likely N-dealkylation sites (N-methyl/N-ethyl adjacent to an activating group) is 1. The van der Waals surface area contributed by atoms with Crippen molar-refractivity contribution in [2.45, 2.75) is 199 Å². The van der Waals surface area contributed by atoms with Crippen molar-refractivity contribution in [2.75, 3.05) is 41.0 Å². The number of rotatable bonds is 40. The smallest absolute Gasteiger partial charge is 0.306 e. The van der Waals surface area contributed by atoms with E-state index in [1.54, 1.807) is 21.1 Å². The summed E-state index contributed by atoms with van der Waals surface area (Å²) in [7, 11) is 5.39. The van der Waals surface area contributed by atoms with E-state index in [0.29, 0.717) is 12.8 Å². The van der Waals surface area contributed by atoms with Crippen LogP contribution in [0, 0.1) is 0 Å². The standard InChI is InChI=1S/C48H85NO7/c1-6-8-10-12-14-16-18-20-21-22-23-24-25-27-28-30-32-34-36-38-46(50)55-43-44(42-54-41-40-45(48(52)53)49(3,4)5)56-47(51)39-37-35-33-31-29-26-19-17-15-13-11-9-7-2/h14,16,18,20,26,29,33,35,44-45H,6-13,15,17,19,21-25,27-28,30-32,34,36-43H2,1-5H3/b16-14+,20-18+,29-26+,35-33+. The highest BCUT2D eigenvalue weighted by atomic mass is 16.6. The fourth-order valence-corrected chi connectivity index (χ4v) is 6.41. The second-order valence-corrected chi connectivity index (χ2v) is 16.3. The van der Waals surface area contributed by atoms with Gasteiger partial charge in [-0.05, 0) is 57.8 Å². The molecule has 0 heterocycles. The molecule has 0 N–H and O–H groups in total. The van der Waals surface area contributed by atoms with Gasteiger partial charge < -0.3 is 28.6 Å². The Kier molecular flexibility index (Phi) is 37.2. The van der Waals surface area contributed by atoms with Gasteiger partial charge in [-0.15, -0.1) is 0 Å². The molecule has 0 fully saturated rings. The number of quaternary nitrogens is 1. The van der Waals surface area contributed by atoms with Gasteiger partial charge in [-0.3, -0.25) is 9.59 Å². The number of carboxylic acid groups (broad SMARTS) is 1. The van der Waals surface area contributed by atoms with E-state index in [2.05, 4.69) is 56.4 Å². The maximum Gasteiger partial charge on any atom is 0.306 e. The maximum absolute atomic E-state index is 12.7. The Hall–Kier alpha value is -2.71. The van der Waals surface area contributed by atoms with Gasteiger partial charge in [-0.2, -0.15) is 0 Å². The monoisotopic (exact) mass is 788 g/mol. The number of carbonyl (C=O) groups is 3. The Balaban J connectivity index is 4.35. The van der Waals surface area contributed by atoms with Crippen LogP contribution in [0.1, 0.15) is 187 Å². The number of hydrogen-bond donors (Lipinski definition) is 0. The number of ether oxygens (including phenoxy) is 3. The zero-order valence-corrected chi connectivity index (χ0v) is 36.8. The highest BCUT2D eigenvalue weighted by Crippen LogP contribution is 2.14. The van der Waals surface area contributed by atoms with Crippen molar-refractivity contribution >= 4 is 17.9 Å².